The van der Waals surface area contributed by atoms with Gasteiger partial charge in [0, 0.05) is 31.1 Å². The number of carbonyl (C=O) groups is 1. The standard InChI is InChI=1S/C23H25FN2O5S/c1-29-10-9-26(23(28)17-4-6-18(24)7-5-17)12-16-3-8-20(30-2)21(11-16)31-14-22-25-19(13-27)15-32-22/h3-8,11,15,27H,9-10,12-14H2,1-2H3. The molecule has 0 saturated carbocycles. The van der Waals surface area contributed by atoms with Crippen LogP contribution in [0.15, 0.2) is 47.8 Å². The Labute approximate surface area is 190 Å². The number of hydrogen-bond acceptors (Lipinski definition) is 7. The highest BCUT2D eigenvalue weighted by molar-refractivity contribution is 7.09. The molecule has 0 fully saturated rings. The van der Waals surface area contributed by atoms with E-state index in [2.05, 4.69) is 4.98 Å². The molecule has 0 aliphatic rings. The Bertz CT molecular complexity index is 1030. The number of halogens is 1. The number of methoxy groups -OCH3 is 2. The first kappa shape index (κ1) is 23.6. The Balaban J connectivity index is 1.76. The Morgan fingerprint density at radius 2 is 1.94 bits per heavy atom. The first-order valence-electron chi connectivity index (χ1n) is 9.91. The zero-order valence-corrected chi connectivity index (χ0v) is 18.7. The molecule has 0 aliphatic heterocycles. The van der Waals surface area contributed by atoms with Crippen molar-refractivity contribution in [2.75, 3.05) is 27.4 Å². The van der Waals surface area contributed by atoms with Gasteiger partial charge in [0.25, 0.3) is 5.91 Å². The van der Waals surface area contributed by atoms with Gasteiger partial charge in [0.2, 0.25) is 0 Å². The summed E-state index contributed by atoms with van der Waals surface area (Å²) in [6, 6.07) is 10.9. The highest BCUT2D eigenvalue weighted by Crippen LogP contribution is 2.30. The molecule has 0 aliphatic carbocycles. The number of amides is 1. The van der Waals surface area contributed by atoms with Crippen LogP contribution in [0, 0.1) is 5.82 Å². The summed E-state index contributed by atoms with van der Waals surface area (Å²) in [6.07, 6.45) is 0. The minimum Gasteiger partial charge on any atom is -0.493 e. The van der Waals surface area contributed by atoms with Crippen molar-refractivity contribution in [3.8, 4) is 11.5 Å². The van der Waals surface area contributed by atoms with Crippen molar-refractivity contribution < 1.29 is 28.5 Å². The molecule has 0 atom stereocenters. The Hall–Kier alpha value is -3.01. The van der Waals surface area contributed by atoms with E-state index >= 15 is 0 Å². The van der Waals surface area contributed by atoms with Crippen LogP contribution >= 0.6 is 11.3 Å². The van der Waals surface area contributed by atoms with Crippen LogP contribution in [-0.2, 0) is 24.5 Å². The Morgan fingerprint density at radius 3 is 2.59 bits per heavy atom. The van der Waals surface area contributed by atoms with Crippen molar-refractivity contribution >= 4 is 17.2 Å². The smallest absolute Gasteiger partial charge is 0.254 e. The van der Waals surface area contributed by atoms with Crippen LogP contribution in [0.3, 0.4) is 0 Å². The lowest BCUT2D eigenvalue weighted by Gasteiger charge is -2.23. The van der Waals surface area contributed by atoms with Gasteiger partial charge in [-0.1, -0.05) is 6.07 Å². The molecule has 3 rings (SSSR count). The third kappa shape index (κ3) is 6.25. The summed E-state index contributed by atoms with van der Waals surface area (Å²) in [5, 5.41) is 11.7. The van der Waals surface area contributed by atoms with Gasteiger partial charge in [-0.05, 0) is 42.0 Å². The van der Waals surface area contributed by atoms with E-state index in [9.17, 15) is 9.18 Å². The van der Waals surface area contributed by atoms with Crippen LogP contribution in [0.1, 0.15) is 26.6 Å². The van der Waals surface area contributed by atoms with Gasteiger partial charge in [0.05, 0.1) is 26.0 Å². The van der Waals surface area contributed by atoms with Crippen molar-refractivity contribution in [1.82, 2.24) is 9.88 Å². The molecule has 0 radical (unpaired) electrons. The van der Waals surface area contributed by atoms with Crippen LogP contribution in [-0.4, -0.2) is 48.3 Å². The second-order valence-electron chi connectivity index (χ2n) is 6.89. The molecule has 0 saturated heterocycles. The fraction of sp³-hybridized carbons (Fsp3) is 0.304. The van der Waals surface area contributed by atoms with E-state index in [-0.39, 0.29) is 19.1 Å². The summed E-state index contributed by atoms with van der Waals surface area (Å²) in [5.41, 5.74) is 1.83. The topological polar surface area (TPSA) is 81.1 Å². The van der Waals surface area contributed by atoms with Gasteiger partial charge in [-0.2, -0.15) is 0 Å². The first-order chi connectivity index (χ1) is 15.5. The number of nitrogens with zero attached hydrogens (tertiary/aromatic N) is 2. The molecular weight excluding hydrogens is 435 g/mol. The second kappa shape index (κ2) is 11.6. The number of aliphatic hydroxyl groups excluding tert-OH is 1. The molecule has 7 nitrogen and oxygen atoms in total. The number of aromatic nitrogens is 1. The maximum atomic E-state index is 13.2. The van der Waals surface area contributed by atoms with E-state index < -0.39 is 5.82 Å². The van der Waals surface area contributed by atoms with Gasteiger partial charge in [-0.15, -0.1) is 11.3 Å². The zero-order valence-electron chi connectivity index (χ0n) is 17.9. The predicted molar refractivity (Wildman–Crippen MR) is 118 cm³/mol. The van der Waals surface area contributed by atoms with Crippen molar-refractivity contribution in [2.24, 2.45) is 0 Å². The number of carbonyl (C=O) groups excluding carboxylic acids is 1. The van der Waals surface area contributed by atoms with E-state index in [1.54, 1.807) is 30.6 Å². The number of hydrogen-bond donors (Lipinski definition) is 1. The van der Waals surface area contributed by atoms with Crippen molar-refractivity contribution in [3.05, 3.63) is 75.5 Å². The summed E-state index contributed by atoms with van der Waals surface area (Å²) < 4.78 is 29.7. The van der Waals surface area contributed by atoms with Crippen LogP contribution in [0.4, 0.5) is 4.39 Å². The molecule has 3 aromatic rings. The summed E-state index contributed by atoms with van der Waals surface area (Å²) >= 11 is 1.40. The van der Waals surface area contributed by atoms with E-state index in [0.717, 1.165) is 10.6 Å². The number of aliphatic hydroxyl groups is 1. The van der Waals surface area contributed by atoms with Gasteiger partial charge in [-0.3, -0.25) is 4.79 Å². The monoisotopic (exact) mass is 460 g/mol. The molecule has 0 bridgehead atoms. The molecule has 1 heterocycles. The molecule has 0 spiro atoms. The third-order valence-electron chi connectivity index (χ3n) is 4.66. The average molecular weight is 461 g/mol. The molecular formula is C23H25FN2O5S. The summed E-state index contributed by atoms with van der Waals surface area (Å²) in [6.45, 7) is 1.16. The minimum absolute atomic E-state index is 0.116. The van der Waals surface area contributed by atoms with Gasteiger partial charge in [0.15, 0.2) is 11.5 Å². The third-order valence-corrected chi connectivity index (χ3v) is 5.53. The molecule has 32 heavy (non-hydrogen) atoms. The van der Waals surface area contributed by atoms with Gasteiger partial charge < -0.3 is 24.2 Å². The average Bonchev–Trinajstić information content (AvgIpc) is 3.28. The number of ether oxygens (including phenoxy) is 3. The Kier molecular flexibility index (Phi) is 8.55. The van der Waals surface area contributed by atoms with Gasteiger partial charge >= 0.3 is 0 Å². The summed E-state index contributed by atoms with van der Waals surface area (Å²) in [7, 11) is 3.12. The lowest BCUT2D eigenvalue weighted by atomic mass is 10.1. The minimum atomic E-state index is -0.395. The van der Waals surface area contributed by atoms with Gasteiger partial charge in [0.1, 0.15) is 17.4 Å². The molecule has 0 unspecified atom stereocenters. The van der Waals surface area contributed by atoms with Crippen molar-refractivity contribution in [1.29, 1.82) is 0 Å². The predicted octanol–water partition coefficient (Wildman–Crippen LogP) is 3.65. The van der Waals surface area contributed by atoms with E-state index in [1.165, 1.54) is 35.6 Å². The van der Waals surface area contributed by atoms with E-state index in [4.69, 9.17) is 19.3 Å². The number of thiazole rings is 1. The number of benzene rings is 2. The normalized spacial score (nSPS) is 10.8. The lowest BCUT2D eigenvalue weighted by molar-refractivity contribution is 0.0680. The highest BCUT2D eigenvalue weighted by atomic mass is 32.1. The van der Waals surface area contributed by atoms with E-state index in [0.29, 0.717) is 42.5 Å². The quantitative estimate of drug-likeness (QED) is 0.471. The van der Waals surface area contributed by atoms with Crippen LogP contribution in [0.25, 0.3) is 0 Å². The Morgan fingerprint density at radius 1 is 1.16 bits per heavy atom. The summed E-state index contributed by atoms with van der Waals surface area (Å²) in [5.74, 6) is 0.459. The van der Waals surface area contributed by atoms with Gasteiger partial charge in [-0.25, -0.2) is 9.37 Å². The molecule has 170 valence electrons. The number of rotatable bonds is 11. The largest absolute Gasteiger partial charge is 0.493 e. The molecule has 1 amide bonds. The SMILES string of the molecule is COCCN(Cc1ccc(OC)c(OCc2nc(CO)cs2)c1)C(=O)c1ccc(F)cc1. The fourth-order valence-electron chi connectivity index (χ4n) is 3.01. The zero-order chi connectivity index (χ0) is 22.9. The van der Waals surface area contributed by atoms with Crippen LogP contribution in [0.5, 0.6) is 11.5 Å². The van der Waals surface area contributed by atoms with Crippen molar-refractivity contribution in [2.45, 2.75) is 19.8 Å². The van der Waals surface area contributed by atoms with Crippen LogP contribution in [0.2, 0.25) is 0 Å². The molecule has 1 N–H and O–H groups in total. The first-order valence-corrected chi connectivity index (χ1v) is 10.8. The van der Waals surface area contributed by atoms with Crippen molar-refractivity contribution in [3.63, 3.8) is 0 Å². The second-order valence-corrected chi connectivity index (χ2v) is 7.83. The fourth-order valence-corrected chi connectivity index (χ4v) is 3.71. The molecule has 2 aromatic carbocycles. The highest BCUT2D eigenvalue weighted by Gasteiger charge is 2.17. The molecule has 1 aromatic heterocycles. The molecule has 9 heteroatoms. The lowest BCUT2D eigenvalue weighted by Crippen LogP contribution is -2.33. The maximum Gasteiger partial charge on any atom is 0.254 e. The van der Waals surface area contributed by atoms with E-state index in [1.807, 2.05) is 12.1 Å². The summed E-state index contributed by atoms with van der Waals surface area (Å²) in [4.78, 5) is 18.9. The van der Waals surface area contributed by atoms with Crippen LogP contribution < -0.4 is 9.47 Å². The maximum absolute atomic E-state index is 13.2.